The highest BCUT2D eigenvalue weighted by Gasteiger charge is 2.37. The summed E-state index contributed by atoms with van der Waals surface area (Å²) >= 11 is 3.55. The molecule has 154 valence electrons. The molecular weight excluding hydrogens is 446 g/mol. The van der Waals surface area contributed by atoms with E-state index in [1.54, 1.807) is 11.0 Å². The second-order valence-electron chi connectivity index (χ2n) is 7.17. The minimum Gasteiger partial charge on any atom is -0.475 e. The normalized spacial score (nSPS) is 19.8. The molecule has 2 amide bonds. The second-order valence-corrected chi connectivity index (χ2v) is 7.97. The van der Waals surface area contributed by atoms with Crippen molar-refractivity contribution >= 4 is 50.6 Å². The Labute approximate surface area is 174 Å². The van der Waals surface area contributed by atoms with E-state index in [1.165, 1.54) is 11.0 Å². The maximum Gasteiger partial charge on any atom is 0.407 e. The Hall–Kier alpha value is -2.75. The van der Waals surface area contributed by atoms with Crippen molar-refractivity contribution in [2.45, 2.75) is 18.9 Å². The van der Waals surface area contributed by atoms with Gasteiger partial charge in [-0.15, -0.1) is 0 Å². The van der Waals surface area contributed by atoms with Gasteiger partial charge in [-0.3, -0.25) is 9.69 Å². The number of benzene rings is 1. The van der Waals surface area contributed by atoms with Gasteiger partial charge in [0.25, 0.3) is 0 Å². The number of piperazine rings is 1. The molecule has 0 saturated carbocycles. The van der Waals surface area contributed by atoms with E-state index in [2.05, 4.69) is 20.8 Å². The number of furan rings is 1. The molecule has 0 spiro atoms. The number of likely N-dealkylation sites (tertiary alicyclic amines) is 1. The van der Waals surface area contributed by atoms with E-state index in [0.717, 1.165) is 10.2 Å². The lowest BCUT2D eigenvalue weighted by Crippen LogP contribution is -2.54. The number of carbonyl (C=O) groups is 3. The van der Waals surface area contributed by atoms with Crippen LogP contribution in [0, 0.1) is 0 Å². The molecule has 4 rings (SSSR count). The topological polar surface area (TPSA) is 115 Å². The van der Waals surface area contributed by atoms with E-state index in [1.807, 2.05) is 6.07 Å². The average molecular weight is 466 g/mol. The van der Waals surface area contributed by atoms with Crippen LogP contribution in [0.15, 0.2) is 27.1 Å². The predicted octanol–water partition coefficient (Wildman–Crippen LogP) is 2.68. The Morgan fingerprint density at radius 1 is 1.07 bits per heavy atom. The van der Waals surface area contributed by atoms with Gasteiger partial charge in [-0.2, -0.15) is 0 Å². The summed E-state index contributed by atoms with van der Waals surface area (Å²) in [7, 11) is 0. The lowest BCUT2D eigenvalue weighted by atomic mass is 10.1. The van der Waals surface area contributed by atoms with Crippen LogP contribution in [0.5, 0.6) is 0 Å². The molecule has 10 heteroatoms. The highest BCUT2D eigenvalue weighted by atomic mass is 79.9. The number of carboxylic acid groups (broad SMARTS) is 2. The fourth-order valence-electron chi connectivity index (χ4n) is 4.05. The standard InChI is InChI=1S/C19H20BrN3O6/c20-16-11-10-15(18(25)26)29-14(11)4-3-12(16)21-6-8-22(9-7-21)17(24)13-2-1-5-23(13)19(27)28/h3-4,10,13H,1-2,5-9H2,(H,25,26)(H,27,28). The van der Waals surface area contributed by atoms with Gasteiger partial charge in [0, 0.05) is 44.2 Å². The first-order valence-corrected chi connectivity index (χ1v) is 10.1. The lowest BCUT2D eigenvalue weighted by molar-refractivity contribution is -0.135. The minimum absolute atomic E-state index is 0.118. The fraction of sp³-hybridized carbons (Fsp3) is 0.421. The first-order chi connectivity index (χ1) is 13.9. The highest BCUT2D eigenvalue weighted by Crippen LogP contribution is 2.36. The highest BCUT2D eigenvalue weighted by molar-refractivity contribution is 9.10. The van der Waals surface area contributed by atoms with Gasteiger partial charge in [0.15, 0.2) is 0 Å². The molecule has 1 unspecified atom stereocenters. The number of rotatable bonds is 3. The van der Waals surface area contributed by atoms with Gasteiger partial charge in [-0.1, -0.05) is 0 Å². The monoisotopic (exact) mass is 465 g/mol. The number of hydrogen-bond acceptors (Lipinski definition) is 5. The lowest BCUT2D eigenvalue weighted by Gasteiger charge is -2.38. The molecule has 2 saturated heterocycles. The maximum absolute atomic E-state index is 12.8. The SMILES string of the molecule is O=C(O)c1cc2c(Br)c(N3CCN(C(=O)C4CCCN4C(=O)O)CC3)ccc2o1. The summed E-state index contributed by atoms with van der Waals surface area (Å²) in [5.74, 6) is -1.36. The van der Waals surface area contributed by atoms with E-state index in [-0.39, 0.29) is 11.7 Å². The molecule has 2 fully saturated rings. The molecule has 2 N–H and O–H groups in total. The van der Waals surface area contributed by atoms with Crippen LogP contribution in [0.4, 0.5) is 10.5 Å². The molecule has 1 atom stereocenters. The third-order valence-corrected chi connectivity index (χ3v) is 6.37. The molecule has 0 bridgehead atoms. The van der Waals surface area contributed by atoms with E-state index in [0.29, 0.717) is 56.5 Å². The molecule has 1 aromatic carbocycles. The quantitative estimate of drug-likeness (QED) is 0.715. The average Bonchev–Trinajstić information content (AvgIpc) is 3.36. The summed E-state index contributed by atoms with van der Waals surface area (Å²) in [5, 5.41) is 19.1. The van der Waals surface area contributed by atoms with Crippen LogP contribution in [0.2, 0.25) is 0 Å². The first kappa shape index (κ1) is 19.6. The van der Waals surface area contributed by atoms with Gasteiger partial charge in [0.05, 0.1) is 10.2 Å². The van der Waals surface area contributed by atoms with Crippen molar-refractivity contribution in [3.8, 4) is 0 Å². The van der Waals surface area contributed by atoms with Gasteiger partial charge >= 0.3 is 12.1 Å². The van der Waals surface area contributed by atoms with Crippen molar-refractivity contribution in [2.75, 3.05) is 37.6 Å². The van der Waals surface area contributed by atoms with Crippen LogP contribution in [-0.4, -0.2) is 76.7 Å². The van der Waals surface area contributed by atoms with E-state index >= 15 is 0 Å². The number of fused-ring (bicyclic) bond motifs is 1. The van der Waals surface area contributed by atoms with Crippen molar-refractivity contribution in [1.29, 1.82) is 0 Å². The second kappa shape index (κ2) is 7.58. The Kier molecular flexibility index (Phi) is 5.12. The third kappa shape index (κ3) is 3.52. The molecular formula is C19H20BrN3O6. The molecule has 0 aliphatic carbocycles. The van der Waals surface area contributed by atoms with Crippen LogP contribution < -0.4 is 4.90 Å². The summed E-state index contributed by atoms with van der Waals surface area (Å²) in [6, 6.07) is 4.51. The van der Waals surface area contributed by atoms with Crippen molar-refractivity contribution in [3.63, 3.8) is 0 Å². The van der Waals surface area contributed by atoms with Gasteiger partial charge < -0.3 is 24.4 Å². The Morgan fingerprint density at radius 3 is 2.45 bits per heavy atom. The zero-order valence-corrected chi connectivity index (χ0v) is 17.1. The van der Waals surface area contributed by atoms with Crippen LogP contribution in [-0.2, 0) is 4.79 Å². The van der Waals surface area contributed by atoms with Crippen LogP contribution >= 0.6 is 15.9 Å². The molecule has 0 radical (unpaired) electrons. The summed E-state index contributed by atoms with van der Waals surface area (Å²) in [4.78, 5) is 40.3. The van der Waals surface area contributed by atoms with E-state index < -0.39 is 18.1 Å². The largest absolute Gasteiger partial charge is 0.475 e. The molecule has 9 nitrogen and oxygen atoms in total. The number of nitrogens with zero attached hydrogens (tertiary/aromatic N) is 3. The zero-order chi connectivity index (χ0) is 20.7. The molecule has 2 aliphatic rings. The number of hydrogen-bond donors (Lipinski definition) is 2. The van der Waals surface area contributed by atoms with Crippen molar-refractivity contribution in [1.82, 2.24) is 9.80 Å². The number of amides is 2. The van der Waals surface area contributed by atoms with Gasteiger partial charge in [-0.05, 0) is 40.9 Å². The number of halogens is 1. The van der Waals surface area contributed by atoms with Crippen molar-refractivity contribution in [3.05, 3.63) is 28.4 Å². The van der Waals surface area contributed by atoms with Gasteiger partial charge in [0.2, 0.25) is 11.7 Å². The number of anilines is 1. The van der Waals surface area contributed by atoms with Crippen molar-refractivity contribution in [2.24, 2.45) is 0 Å². The van der Waals surface area contributed by atoms with Crippen LogP contribution in [0.3, 0.4) is 0 Å². The van der Waals surface area contributed by atoms with Gasteiger partial charge in [-0.25, -0.2) is 9.59 Å². The minimum atomic E-state index is -1.12. The summed E-state index contributed by atoms with van der Waals surface area (Å²) in [6.07, 6.45) is 0.232. The Morgan fingerprint density at radius 2 is 1.79 bits per heavy atom. The van der Waals surface area contributed by atoms with Gasteiger partial charge in [0.1, 0.15) is 11.6 Å². The Bertz CT molecular complexity index is 982. The number of aromatic carboxylic acids is 1. The number of carboxylic acids is 1. The zero-order valence-electron chi connectivity index (χ0n) is 15.5. The van der Waals surface area contributed by atoms with Crippen molar-refractivity contribution < 1.29 is 29.0 Å². The maximum atomic E-state index is 12.8. The number of carbonyl (C=O) groups excluding carboxylic acids is 1. The fourth-order valence-corrected chi connectivity index (χ4v) is 4.74. The summed E-state index contributed by atoms with van der Waals surface area (Å²) in [6.45, 7) is 2.60. The molecule has 29 heavy (non-hydrogen) atoms. The smallest absolute Gasteiger partial charge is 0.407 e. The molecule has 3 heterocycles. The molecule has 2 aromatic rings. The van der Waals surface area contributed by atoms with E-state index in [4.69, 9.17) is 9.52 Å². The summed E-state index contributed by atoms with van der Waals surface area (Å²) < 4.78 is 6.08. The molecule has 2 aliphatic heterocycles. The first-order valence-electron chi connectivity index (χ1n) is 9.35. The molecule has 1 aromatic heterocycles. The summed E-state index contributed by atoms with van der Waals surface area (Å²) in [5.41, 5.74) is 1.39. The third-order valence-electron chi connectivity index (χ3n) is 5.54. The van der Waals surface area contributed by atoms with Crippen LogP contribution in [0.1, 0.15) is 23.4 Å². The van der Waals surface area contributed by atoms with Crippen LogP contribution in [0.25, 0.3) is 11.0 Å². The predicted molar refractivity (Wildman–Crippen MR) is 107 cm³/mol. The Balaban J connectivity index is 1.47. The van der Waals surface area contributed by atoms with E-state index in [9.17, 15) is 19.5 Å².